The van der Waals surface area contributed by atoms with Crippen LogP contribution in [0.2, 0.25) is 10.0 Å². The average molecular weight is 479 g/mol. The minimum Gasteiger partial charge on any atom is -0.267 e. The molecule has 1 amide bonds. The normalized spacial score (nSPS) is 21.1. The monoisotopic (exact) mass is 478 g/mol. The predicted molar refractivity (Wildman–Crippen MR) is 131 cm³/mol. The van der Waals surface area contributed by atoms with Crippen LogP contribution in [0.15, 0.2) is 83.5 Å². The molecular weight excluding hydrogens is 458 g/mol. The number of hydrogen-bond donors (Lipinski definition) is 0. The summed E-state index contributed by atoms with van der Waals surface area (Å²) in [6.07, 6.45) is 4.96. The molecule has 1 aliphatic heterocycles. The van der Waals surface area contributed by atoms with Crippen molar-refractivity contribution in [3.8, 4) is 0 Å². The lowest BCUT2D eigenvalue weighted by Crippen LogP contribution is -2.31. The van der Waals surface area contributed by atoms with Crippen molar-refractivity contribution in [3.05, 3.63) is 111 Å². The number of carbonyl (C=O) groups excluding carboxylic acids is 1. The number of allylic oxidation sites excluding steroid dienone is 1. The lowest BCUT2D eigenvalue weighted by Gasteiger charge is -2.29. The standard InChI is InChI=1S/C27H21Cl2FN2O/c28-21-10-4-17(5-11-21)16-20-2-1-3-24-25(20)31-32(26(24)18-6-12-22(29)13-7-18)27(33)19-8-14-23(30)15-9-19/h4-16,24,26H,1-3H2/b20-16+/t24-,26-/m0/s1. The maximum absolute atomic E-state index is 13.5. The first kappa shape index (κ1) is 21.9. The maximum Gasteiger partial charge on any atom is 0.274 e. The summed E-state index contributed by atoms with van der Waals surface area (Å²) < 4.78 is 13.5. The number of benzene rings is 3. The molecule has 0 aromatic heterocycles. The van der Waals surface area contributed by atoms with Gasteiger partial charge >= 0.3 is 0 Å². The summed E-state index contributed by atoms with van der Waals surface area (Å²) in [7, 11) is 0. The third-order valence-corrected chi connectivity index (χ3v) is 6.73. The van der Waals surface area contributed by atoms with E-state index in [0.29, 0.717) is 15.6 Å². The molecule has 3 aromatic rings. The van der Waals surface area contributed by atoms with Crippen LogP contribution < -0.4 is 0 Å². The van der Waals surface area contributed by atoms with Gasteiger partial charge in [0.25, 0.3) is 5.91 Å². The molecule has 0 spiro atoms. The maximum atomic E-state index is 13.5. The van der Waals surface area contributed by atoms with Crippen LogP contribution in [0.4, 0.5) is 4.39 Å². The Morgan fingerprint density at radius 1 is 0.939 bits per heavy atom. The summed E-state index contributed by atoms with van der Waals surface area (Å²) in [5, 5.41) is 7.76. The quantitative estimate of drug-likeness (QED) is 0.381. The molecule has 1 aliphatic carbocycles. The molecule has 6 heteroatoms. The van der Waals surface area contributed by atoms with E-state index in [-0.39, 0.29) is 23.7 Å². The van der Waals surface area contributed by atoms with Gasteiger partial charge in [-0.2, -0.15) is 5.10 Å². The second-order valence-electron chi connectivity index (χ2n) is 8.36. The minimum atomic E-state index is -0.379. The van der Waals surface area contributed by atoms with E-state index in [1.165, 1.54) is 24.3 Å². The third kappa shape index (κ3) is 4.46. The Hall–Kier alpha value is -2.95. The highest BCUT2D eigenvalue weighted by molar-refractivity contribution is 6.30. The number of carbonyl (C=O) groups is 1. The highest BCUT2D eigenvalue weighted by Crippen LogP contribution is 2.45. The van der Waals surface area contributed by atoms with E-state index >= 15 is 0 Å². The van der Waals surface area contributed by atoms with E-state index in [1.807, 2.05) is 48.5 Å². The summed E-state index contributed by atoms with van der Waals surface area (Å²) in [6, 6.07) is 20.6. The summed E-state index contributed by atoms with van der Waals surface area (Å²) in [5.74, 6) is -0.555. The van der Waals surface area contributed by atoms with Crippen molar-refractivity contribution in [2.24, 2.45) is 11.0 Å². The number of hydrazone groups is 1. The second-order valence-corrected chi connectivity index (χ2v) is 9.23. The molecule has 0 bridgehead atoms. The molecule has 1 fully saturated rings. The molecule has 1 saturated carbocycles. The van der Waals surface area contributed by atoms with Crippen molar-refractivity contribution in [2.75, 3.05) is 0 Å². The number of nitrogens with zero attached hydrogens (tertiary/aromatic N) is 2. The van der Waals surface area contributed by atoms with E-state index in [1.54, 1.807) is 5.01 Å². The van der Waals surface area contributed by atoms with Crippen molar-refractivity contribution in [1.29, 1.82) is 0 Å². The first-order chi connectivity index (χ1) is 16.0. The SMILES string of the molecule is O=C(c1ccc(F)cc1)N1N=C2/C(=C/c3ccc(Cl)cc3)CCC[C@@H]2[C@@H]1c1ccc(Cl)cc1. The minimum absolute atomic E-state index is 0.0721. The summed E-state index contributed by atoms with van der Waals surface area (Å²) in [5.41, 5.74) is 4.49. The molecule has 33 heavy (non-hydrogen) atoms. The van der Waals surface area contributed by atoms with Gasteiger partial charge in [-0.25, -0.2) is 9.40 Å². The number of hydrogen-bond acceptors (Lipinski definition) is 2. The van der Waals surface area contributed by atoms with Crippen LogP contribution in [0.25, 0.3) is 6.08 Å². The molecule has 0 radical (unpaired) electrons. The van der Waals surface area contributed by atoms with E-state index in [9.17, 15) is 9.18 Å². The van der Waals surface area contributed by atoms with Crippen LogP contribution in [-0.4, -0.2) is 16.6 Å². The Morgan fingerprint density at radius 3 is 2.24 bits per heavy atom. The molecule has 1 heterocycles. The van der Waals surface area contributed by atoms with Crippen molar-refractivity contribution >= 4 is 40.9 Å². The Morgan fingerprint density at radius 2 is 1.58 bits per heavy atom. The van der Waals surface area contributed by atoms with Crippen LogP contribution >= 0.6 is 23.2 Å². The Kier molecular flexibility index (Phi) is 6.05. The van der Waals surface area contributed by atoms with E-state index in [2.05, 4.69) is 6.08 Å². The molecule has 3 aromatic carbocycles. The summed E-state index contributed by atoms with van der Waals surface area (Å²) in [4.78, 5) is 13.5. The fourth-order valence-corrected chi connectivity index (χ4v) is 4.90. The van der Waals surface area contributed by atoms with Gasteiger partial charge in [0.15, 0.2) is 0 Å². The lowest BCUT2D eigenvalue weighted by atomic mass is 9.77. The van der Waals surface area contributed by atoms with Crippen molar-refractivity contribution in [2.45, 2.75) is 25.3 Å². The van der Waals surface area contributed by atoms with Gasteiger partial charge in [-0.15, -0.1) is 0 Å². The molecule has 3 nitrogen and oxygen atoms in total. The Bertz CT molecular complexity index is 1230. The van der Waals surface area contributed by atoms with Gasteiger partial charge in [-0.05, 0) is 90.6 Å². The average Bonchev–Trinajstić information content (AvgIpc) is 3.22. The van der Waals surface area contributed by atoms with Gasteiger partial charge in [0, 0.05) is 21.5 Å². The smallest absolute Gasteiger partial charge is 0.267 e. The summed E-state index contributed by atoms with van der Waals surface area (Å²) >= 11 is 12.2. The van der Waals surface area contributed by atoms with E-state index in [4.69, 9.17) is 28.3 Å². The number of fused-ring (bicyclic) bond motifs is 1. The van der Waals surface area contributed by atoms with E-state index < -0.39 is 0 Å². The van der Waals surface area contributed by atoms with Crippen LogP contribution in [-0.2, 0) is 0 Å². The van der Waals surface area contributed by atoms with Crippen LogP contribution in [0.1, 0.15) is 46.8 Å². The molecule has 2 aliphatic rings. The Balaban J connectivity index is 1.57. The zero-order chi connectivity index (χ0) is 22.9. The first-order valence-corrected chi connectivity index (χ1v) is 11.6. The van der Waals surface area contributed by atoms with Crippen molar-refractivity contribution < 1.29 is 9.18 Å². The highest BCUT2D eigenvalue weighted by Gasteiger charge is 2.43. The fourth-order valence-electron chi connectivity index (χ4n) is 4.65. The Labute approximate surface area is 202 Å². The van der Waals surface area contributed by atoms with Gasteiger partial charge in [0.2, 0.25) is 0 Å². The molecule has 0 saturated heterocycles. The number of rotatable bonds is 3. The van der Waals surface area contributed by atoms with Gasteiger partial charge in [0.05, 0.1) is 11.8 Å². The molecule has 0 N–H and O–H groups in total. The zero-order valence-electron chi connectivity index (χ0n) is 17.7. The van der Waals surface area contributed by atoms with Crippen LogP contribution in [0.3, 0.4) is 0 Å². The van der Waals surface area contributed by atoms with E-state index in [0.717, 1.165) is 41.7 Å². The van der Waals surface area contributed by atoms with Crippen molar-refractivity contribution in [1.82, 2.24) is 5.01 Å². The molecule has 166 valence electrons. The number of halogens is 3. The van der Waals surface area contributed by atoms with Gasteiger partial charge < -0.3 is 0 Å². The largest absolute Gasteiger partial charge is 0.274 e. The van der Waals surface area contributed by atoms with Gasteiger partial charge in [0.1, 0.15) is 5.82 Å². The van der Waals surface area contributed by atoms with Crippen LogP contribution in [0.5, 0.6) is 0 Å². The van der Waals surface area contributed by atoms with Crippen molar-refractivity contribution in [3.63, 3.8) is 0 Å². The molecule has 5 rings (SSSR count). The molecule has 0 unspecified atom stereocenters. The first-order valence-electron chi connectivity index (χ1n) is 10.9. The molecular formula is C27H21Cl2FN2O. The van der Waals surface area contributed by atoms with Gasteiger partial charge in [-0.3, -0.25) is 4.79 Å². The predicted octanol–water partition coefficient (Wildman–Crippen LogP) is 7.57. The van der Waals surface area contributed by atoms with Gasteiger partial charge in [-0.1, -0.05) is 47.5 Å². The topological polar surface area (TPSA) is 32.7 Å². The fraction of sp³-hybridized carbons (Fsp3) is 0.185. The lowest BCUT2D eigenvalue weighted by molar-refractivity contribution is 0.0681. The third-order valence-electron chi connectivity index (χ3n) is 6.22. The highest BCUT2D eigenvalue weighted by atomic mass is 35.5. The number of amides is 1. The summed E-state index contributed by atoms with van der Waals surface area (Å²) in [6.45, 7) is 0. The molecule has 2 atom stereocenters. The zero-order valence-corrected chi connectivity index (χ0v) is 19.2. The van der Waals surface area contributed by atoms with Crippen LogP contribution in [0, 0.1) is 11.7 Å². The second kappa shape index (κ2) is 9.12.